The van der Waals surface area contributed by atoms with Crippen molar-refractivity contribution in [1.82, 2.24) is 15.4 Å². The zero-order chi connectivity index (χ0) is 19.7. The van der Waals surface area contributed by atoms with Crippen molar-refractivity contribution in [3.63, 3.8) is 0 Å². The highest BCUT2D eigenvalue weighted by molar-refractivity contribution is 14.0. The average molecular weight is 537 g/mol. The molecular formula is C19H26ClIN4O2S. The Morgan fingerprint density at radius 1 is 1.04 bits per heavy atom. The maximum absolute atomic E-state index is 11.6. The fourth-order valence-corrected chi connectivity index (χ4v) is 3.37. The molecular weight excluding hydrogens is 511 g/mol. The van der Waals surface area contributed by atoms with E-state index in [0.29, 0.717) is 24.1 Å². The quantitative estimate of drug-likeness (QED) is 0.275. The van der Waals surface area contributed by atoms with Crippen molar-refractivity contribution in [2.24, 2.45) is 4.99 Å². The third-order valence-corrected chi connectivity index (χ3v) is 5.37. The van der Waals surface area contributed by atoms with E-state index in [2.05, 4.69) is 20.3 Å². The van der Waals surface area contributed by atoms with Crippen molar-refractivity contribution in [2.45, 2.75) is 25.8 Å². The van der Waals surface area contributed by atoms with Gasteiger partial charge in [-0.3, -0.25) is 0 Å². The standard InChI is InChI=1S/C19H25ClN4O2S.HI/c1-3-22-19(24-13-17-5-4-6-18(20)11-17)23-12-15-7-9-16(10-8-15)14-27(25,26)21-2;/h4-11,21H,3,12-14H2,1-2H3,(H2,22,23,24);1H. The largest absolute Gasteiger partial charge is 0.357 e. The number of halogens is 2. The van der Waals surface area contributed by atoms with Crippen molar-refractivity contribution >= 4 is 51.6 Å². The lowest BCUT2D eigenvalue weighted by atomic mass is 10.1. The Morgan fingerprint density at radius 3 is 2.32 bits per heavy atom. The number of hydrogen-bond donors (Lipinski definition) is 3. The molecule has 6 nitrogen and oxygen atoms in total. The summed E-state index contributed by atoms with van der Waals surface area (Å²) in [5, 5.41) is 7.18. The molecule has 3 N–H and O–H groups in total. The number of aliphatic imine (C=N–C) groups is 1. The molecule has 0 bridgehead atoms. The highest BCUT2D eigenvalue weighted by Gasteiger charge is 2.08. The topological polar surface area (TPSA) is 82.6 Å². The van der Waals surface area contributed by atoms with E-state index in [1.54, 1.807) is 0 Å². The molecule has 0 spiro atoms. The van der Waals surface area contributed by atoms with Gasteiger partial charge in [0.25, 0.3) is 0 Å². The summed E-state index contributed by atoms with van der Waals surface area (Å²) in [6, 6.07) is 15.1. The molecule has 0 aromatic heterocycles. The number of rotatable bonds is 8. The minimum absolute atomic E-state index is 0. The first kappa shape index (κ1) is 24.7. The fraction of sp³-hybridized carbons (Fsp3) is 0.316. The molecule has 0 saturated heterocycles. The van der Waals surface area contributed by atoms with Gasteiger partial charge in [-0.05, 0) is 42.8 Å². The lowest BCUT2D eigenvalue weighted by Gasteiger charge is -2.12. The molecule has 0 heterocycles. The van der Waals surface area contributed by atoms with Gasteiger partial charge in [0, 0.05) is 18.1 Å². The molecule has 2 aromatic rings. The number of hydrogen-bond acceptors (Lipinski definition) is 3. The highest BCUT2D eigenvalue weighted by Crippen LogP contribution is 2.11. The Balaban J connectivity index is 0.00000392. The summed E-state index contributed by atoms with van der Waals surface area (Å²) in [5.74, 6) is 0.681. The van der Waals surface area contributed by atoms with Crippen LogP contribution in [0.5, 0.6) is 0 Å². The van der Waals surface area contributed by atoms with E-state index in [4.69, 9.17) is 11.6 Å². The van der Waals surface area contributed by atoms with E-state index in [1.807, 2.05) is 55.5 Å². The summed E-state index contributed by atoms with van der Waals surface area (Å²) in [4.78, 5) is 4.57. The zero-order valence-corrected chi connectivity index (χ0v) is 19.8. The molecule has 2 aromatic carbocycles. The molecule has 0 amide bonds. The van der Waals surface area contributed by atoms with Crippen LogP contribution < -0.4 is 15.4 Å². The van der Waals surface area contributed by atoms with Crippen LogP contribution >= 0.6 is 35.6 Å². The number of nitrogens with zero attached hydrogens (tertiary/aromatic N) is 1. The lowest BCUT2D eigenvalue weighted by Crippen LogP contribution is -2.36. The summed E-state index contributed by atoms with van der Waals surface area (Å²) in [7, 11) is -1.84. The molecule has 154 valence electrons. The maximum Gasteiger partial charge on any atom is 0.215 e. The van der Waals surface area contributed by atoms with Crippen LogP contribution in [0.4, 0.5) is 0 Å². The van der Waals surface area contributed by atoms with Crippen molar-refractivity contribution in [1.29, 1.82) is 0 Å². The molecule has 0 fully saturated rings. The Labute approximate surface area is 189 Å². The van der Waals surface area contributed by atoms with Gasteiger partial charge in [-0.25, -0.2) is 18.1 Å². The zero-order valence-electron chi connectivity index (χ0n) is 15.9. The van der Waals surface area contributed by atoms with Crippen LogP contribution in [-0.2, 0) is 28.9 Å². The van der Waals surface area contributed by atoms with Crippen LogP contribution in [0.25, 0.3) is 0 Å². The van der Waals surface area contributed by atoms with E-state index in [1.165, 1.54) is 7.05 Å². The van der Waals surface area contributed by atoms with Gasteiger partial charge in [-0.2, -0.15) is 0 Å². The van der Waals surface area contributed by atoms with Crippen molar-refractivity contribution in [3.05, 3.63) is 70.2 Å². The predicted octanol–water partition coefficient (Wildman–Crippen LogP) is 3.26. The van der Waals surface area contributed by atoms with Crippen LogP contribution in [0.3, 0.4) is 0 Å². The van der Waals surface area contributed by atoms with Gasteiger partial charge in [0.05, 0.1) is 12.3 Å². The summed E-state index contributed by atoms with van der Waals surface area (Å²) >= 11 is 6.00. The van der Waals surface area contributed by atoms with Gasteiger partial charge in [0.2, 0.25) is 10.0 Å². The smallest absolute Gasteiger partial charge is 0.215 e. The summed E-state index contributed by atoms with van der Waals surface area (Å²) < 4.78 is 25.5. The van der Waals surface area contributed by atoms with Gasteiger partial charge in [0.15, 0.2) is 5.96 Å². The van der Waals surface area contributed by atoms with Gasteiger partial charge in [0.1, 0.15) is 0 Å². The van der Waals surface area contributed by atoms with Crippen LogP contribution in [0.15, 0.2) is 53.5 Å². The third kappa shape index (κ3) is 8.76. The van der Waals surface area contributed by atoms with Crippen LogP contribution in [0, 0.1) is 0 Å². The average Bonchev–Trinajstić information content (AvgIpc) is 2.65. The highest BCUT2D eigenvalue weighted by atomic mass is 127. The summed E-state index contributed by atoms with van der Waals surface area (Å²) in [5.41, 5.74) is 2.82. The van der Waals surface area contributed by atoms with Gasteiger partial charge in [-0.1, -0.05) is 48.0 Å². The molecule has 0 aliphatic heterocycles. The molecule has 0 unspecified atom stereocenters. The third-order valence-electron chi connectivity index (χ3n) is 3.80. The molecule has 2 rings (SSSR count). The fourth-order valence-electron chi connectivity index (χ4n) is 2.38. The van der Waals surface area contributed by atoms with Gasteiger partial charge in [-0.15, -0.1) is 24.0 Å². The Kier molecular flexibility index (Phi) is 10.8. The molecule has 0 radical (unpaired) electrons. The van der Waals surface area contributed by atoms with Crippen molar-refractivity contribution in [3.8, 4) is 0 Å². The first-order chi connectivity index (χ1) is 12.9. The van der Waals surface area contributed by atoms with E-state index in [-0.39, 0.29) is 29.7 Å². The molecule has 0 atom stereocenters. The molecule has 0 aliphatic carbocycles. The second kappa shape index (κ2) is 12.3. The molecule has 9 heteroatoms. The Morgan fingerprint density at radius 2 is 1.71 bits per heavy atom. The molecule has 0 saturated carbocycles. The minimum Gasteiger partial charge on any atom is -0.357 e. The summed E-state index contributed by atoms with van der Waals surface area (Å²) in [6.45, 7) is 3.87. The first-order valence-corrected chi connectivity index (χ1v) is 10.7. The number of benzene rings is 2. The molecule has 0 aliphatic rings. The second-order valence-corrected chi connectivity index (χ2v) is 8.32. The summed E-state index contributed by atoms with van der Waals surface area (Å²) in [6.07, 6.45) is 0. The Bertz CT molecular complexity index is 874. The van der Waals surface area contributed by atoms with Crippen molar-refractivity contribution < 1.29 is 8.42 Å². The SMILES string of the molecule is CCNC(=NCc1cccc(Cl)c1)NCc1ccc(CS(=O)(=O)NC)cc1.I. The van der Waals surface area contributed by atoms with E-state index in [9.17, 15) is 8.42 Å². The Hall–Kier alpha value is -1.36. The van der Waals surface area contributed by atoms with Gasteiger partial charge >= 0.3 is 0 Å². The lowest BCUT2D eigenvalue weighted by molar-refractivity contribution is 0.587. The molecule has 28 heavy (non-hydrogen) atoms. The predicted molar refractivity (Wildman–Crippen MR) is 127 cm³/mol. The van der Waals surface area contributed by atoms with E-state index < -0.39 is 10.0 Å². The number of nitrogens with one attached hydrogen (secondary N) is 3. The first-order valence-electron chi connectivity index (χ1n) is 8.67. The van der Waals surface area contributed by atoms with E-state index >= 15 is 0 Å². The number of guanidine groups is 1. The normalized spacial score (nSPS) is 11.6. The maximum atomic E-state index is 11.6. The van der Waals surface area contributed by atoms with Gasteiger partial charge < -0.3 is 10.6 Å². The van der Waals surface area contributed by atoms with Crippen molar-refractivity contribution in [2.75, 3.05) is 13.6 Å². The monoisotopic (exact) mass is 536 g/mol. The van der Waals surface area contributed by atoms with E-state index in [0.717, 1.165) is 23.2 Å². The minimum atomic E-state index is -3.26. The van der Waals surface area contributed by atoms with Crippen LogP contribution in [0.1, 0.15) is 23.6 Å². The van der Waals surface area contributed by atoms with Crippen LogP contribution in [-0.4, -0.2) is 28.0 Å². The second-order valence-electron chi connectivity index (χ2n) is 5.96. The van der Waals surface area contributed by atoms with Crippen LogP contribution in [0.2, 0.25) is 5.02 Å². The number of sulfonamides is 1.